The predicted molar refractivity (Wildman–Crippen MR) is 122 cm³/mol. The summed E-state index contributed by atoms with van der Waals surface area (Å²) in [6.07, 6.45) is 3.57. The number of hydrogen-bond acceptors (Lipinski definition) is 6. The normalized spacial score (nSPS) is 12.7. The third kappa shape index (κ3) is 11.2. The molecule has 0 amide bonds. The summed E-state index contributed by atoms with van der Waals surface area (Å²) in [6, 6.07) is 13.3. The Labute approximate surface area is 180 Å². The minimum Gasteiger partial charge on any atom is -0.508 e. The van der Waals surface area contributed by atoms with Crippen LogP contribution >= 0.6 is 0 Å². The van der Waals surface area contributed by atoms with E-state index in [1.165, 1.54) is 0 Å². The van der Waals surface area contributed by atoms with Gasteiger partial charge in [-0.15, -0.1) is 0 Å². The van der Waals surface area contributed by atoms with Crippen molar-refractivity contribution < 1.29 is 20.4 Å². The van der Waals surface area contributed by atoms with Gasteiger partial charge in [-0.1, -0.05) is 51.0 Å². The molecule has 0 aliphatic carbocycles. The lowest BCUT2D eigenvalue weighted by molar-refractivity contribution is 0.174. The summed E-state index contributed by atoms with van der Waals surface area (Å²) in [5, 5.41) is 44.1. The predicted octanol–water partition coefficient (Wildman–Crippen LogP) is 3.63. The molecule has 0 bridgehead atoms. The molecule has 168 valence electrons. The maximum atomic E-state index is 9.77. The van der Waals surface area contributed by atoms with Gasteiger partial charge in [0.1, 0.15) is 11.5 Å². The first kappa shape index (κ1) is 25.9. The number of aliphatic hydroxyl groups excluding tert-OH is 2. The second-order valence-corrected chi connectivity index (χ2v) is 7.33. The van der Waals surface area contributed by atoms with Crippen molar-refractivity contribution in [3.8, 4) is 11.5 Å². The van der Waals surface area contributed by atoms with Crippen LogP contribution in [-0.2, 0) is 0 Å². The minimum atomic E-state index is -0.498. The molecule has 0 aromatic heterocycles. The summed E-state index contributed by atoms with van der Waals surface area (Å²) in [4.78, 5) is 0. The number of nitrogens with one attached hydrogen (secondary N) is 2. The fourth-order valence-electron chi connectivity index (χ4n) is 2.71. The number of unbranched alkanes of at least 4 members (excludes halogenated alkanes) is 2. The number of rotatable bonds is 12. The lowest BCUT2D eigenvalue weighted by atomic mass is 10.1. The summed E-state index contributed by atoms with van der Waals surface area (Å²) in [6.45, 7) is 7.27. The van der Waals surface area contributed by atoms with Crippen LogP contribution in [0, 0.1) is 0 Å². The molecule has 0 aliphatic rings. The minimum absolute atomic E-state index is 0.227. The van der Waals surface area contributed by atoms with Gasteiger partial charge in [0.15, 0.2) is 0 Å². The van der Waals surface area contributed by atoms with Gasteiger partial charge in [-0.05, 0) is 61.3 Å². The highest BCUT2D eigenvalue weighted by Gasteiger charge is 2.06. The number of aromatic hydroxyl groups is 2. The van der Waals surface area contributed by atoms with E-state index in [1.54, 1.807) is 48.5 Å². The maximum absolute atomic E-state index is 9.77. The standard InChI is InChI=1S/2C12H19NO2/c2*1-2-3-8-13-9-12(15)10-4-6-11(14)7-5-10/h2*4-7,12-15H,2-3,8-9H2,1H3/t12-;/m0./s1. The van der Waals surface area contributed by atoms with Crippen LogP contribution in [-0.4, -0.2) is 46.6 Å². The maximum Gasteiger partial charge on any atom is 0.115 e. The molecule has 1 unspecified atom stereocenters. The Hall–Kier alpha value is -2.12. The van der Waals surface area contributed by atoms with Crippen molar-refractivity contribution in [3.63, 3.8) is 0 Å². The molecule has 6 heteroatoms. The number of aliphatic hydroxyl groups is 2. The van der Waals surface area contributed by atoms with Crippen molar-refractivity contribution in [2.45, 2.75) is 51.7 Å². The Kier molecular flexibility index (Phi) is 13.5. The molecule has 2 atom stereocenters. The van der Waals surface area contributed by atoms with Gasteiger partial charge < -0.3 is 31.1 Å². The fraction of sp³-hybridized carbons (Fsp3) is 0.500. The topological polar surface area (TPSA) is 105 Å². The van der Waals surface area contributed by atoms with Crippen LogP contribution in [0.25, 0.3) is 0 Å². The van der Waals surface area contributed by atoms with Gasteiger partial charge >= 0.3 is 0 Å². The van der Waals surface area contributed by atoms with E-state index in [-0.39, 0.29) is 11.5 Å². The highest BCUT2D eigenvalue weighted by molar-refractivity contribution is 5.28. The van der Waals surface area contributed by atoms with Crippen LogP contribution < -0.4 is 10.6 Å². The zero-order valence-corrected chi connectivity index (χ0v) is 18.2. The van der Waals surface area contributed by atoms with Crippen LogP contribution in [0.3, 0.4) is 0 Å². The Morgan fingerprint density at radius 1 is 0.633 bits per heavy atom. The Balaban J connectivity index is 0.000000300. The second-order valence-electron chi connectivity index (χ2n) is 7.33. The molecule has 30 heavy (non-hydrogen) atoms. The van der Waals surface area contributed by atoms with Crippen molar-refractivity contribution in [3.05, 3.63) is 59.7 Å². The van der Waals surface area contributed by atoms with E-state index in [4.69, 9.17) is 10.2 Å². The third-order valence-electron chi connectivity index (χ3n) is 4.65. The highest BCUT2D eigenvalue weighted by Crippen LogP contribution is 2.16. The quantitative estimate of drug-likeness (QED) is 0.294. The van der Waals surface area contributed by atoms with E-state index < -0.39 is 12.2 Å². The fourth-order valence-corrected chi connectivity index (χ4v) is 2.71. The molecule has 2 aromatic rings. The lowest BCUT2D eigenvalue weighted by Gasteiger charge is -2.11. The van der Waals surface area contributed by atoms with Crippen LogP contribution in [0.4, 0.5) is 0 Å². The van der Waals surface area contributed by atoms with E-state index in [2.05, 4.69) is 24.5 Å². The van der Waals surface area contributed by atoms with Crippen LogP contribution in [0.5, 0.6) is 11.5 Å². The van der Waals surface area contributed by atoms with Crippen LogP contribution in [0.1, 0.15) is 62.9 Å². The summed E-state index contributed by atoms with van der Waals surface area (Å²) < 4.78 is 0. The van der Waals surface area contributed by atoms with E-state index in [0.29, 0.717) is 13.1 Å². The van der Waals surface area contributed by atoms with Gasteiger partial charge in [-0.25, -0.2) is 0 Å². The van der Waals surface area contributed by atoms with Crippen molar-refractivity contribution in [2.24, 2.45) is 0 Å². The smallest absolute Gasteiger partial charge is 0.115 e. The van der Waals surface area contributed by atoms with E-state index in [0.717, 1.165) is 49.9 Å². The average molecular weight is 419 g/mol. The summed E-state index contributed by atoms with van der Waals surface area (Å²) in [7, 11) is 0. The van der Waals surface area contributed by atoms with Crippen molar-refractivity contribution in [1.82, 2.24) is 10.6 Å². The third-order valence-corrected chi connectivity index (χ3v) is 4.65. The molecule has 2 aromatic carbocycles. The molecule has 0 heterocycles. The van der Waals surface area contributed by atoms with Crippen molar-refractivity contribution >= 4 is 0 Å². The van der Waals surface area contributed by atoms with Gasteiger partial charge in [0, 0.05) is 13.1 Å². The van der Waals surface area contributed by atoms with Gasteiger partial charge in [-0.2, -0.15) is 0 Å². The molecule has 0 spiro atoms. The Morgan fingerprint density at radius 2 is 0.967 bits per heavy atom. The lowest BCUT2D eigenvalue weighted by Crippen LogP contribution is -2.22. The monoisotopic (exact) mass is 418 g/mol. The molecule has 6 nitrogen and oxygen atoms in total. The van der Waals surface area contributed by atoms with Crippen molar-refractivity contribution in [1.29, 1.82) is 0 Å². The Bertz CT molecular complexity index is 602. The molecular formula is C24H38N2O4. The number of hydrogen-bond donors (Lipinski definition) is 6. The second kappa shape index (κ2) is 15.7. The van der Waals surface area contributed by atoms with E-state index >= 15 is 0 Å². The van der Waals surface area contributed by atoms with E-state index in [1.807, 2.05) is 0 Å². The van der Waals surface area contributed by atoms with Crippen molar-refractivity contribution in [2.75, 3.05) is 26.2 Å². The summed E-state index contributed by atoms with van der Waals surface area (Å²) in [5.41, 5.74) is 1.66. The first-order valence-corrected chi connectivity index (χ1v) is 10.8. The molecule has 0 saturated carbocycles. The number of benzene rings is 2. The van der Waals surface area contributed by atoms with Crippen LogP contribution in [0.2, 0.25) is 0 Å². The van der Waals surface area contributed by atoms with Gasteiger partial charge in [0.2, 0.25) is 0 Å². The SMILES string of the molecule is CCCCNCC(O)c1ccc(O)cc1.CCCCNC[C@H](O)c1ccc(O)cc1. The van der Waals surface area contributed by atoms with Crippen LogP contribution in [0.15, 0.2) is 48.5 Å². The van der Waals surface area contributed by atoms with Gasteiger partial charge in [-0.3, -0.25) is 0 Å². The van der Waals surface area contributed by atoms with Gasteiger partial charge in [0.25, 0.3) is 0 Å². The number of phenolic OH excluding ortho intramolecular Hbond substituents is 2. The summed E-state index contributed by atoms with van der Waals surface area (Å²) in [5.74, 6) is 0.454. The largest absolute Gasteiger partial charge is 0.508 e. The molecule has 0 saturated heterocycles. The van der Waals surface area contributed by atoms with E-state index in [9.17, 15) is 10.2 Å². The Morgan fingerprint density at radius 3 is 1.27 bits per heavy atom. The molecular weight excluding hydrogens is 380 g/mol. The first-order chi connectivity index (χ1) is 14.5. The van der Waals surface area contributed by atoms with Gasteiger partial charge in [0.05, 0.1) is 12.2 Å². The molecule has 0 aliphatic heterocycles. The average Bonchev–Trinajstić information content (AvgIpc) is 2.75. The first-order valence-electron chi connectivity index (χ1n) is 10.8. The molecule has 0 fully saturated rings. The summed E-state index contributed by atoms with van der Waals surface area (Å²) >= 11 is 0. The zero-order valence-electron chi connectivity index (χ0n) is 18.2. The molecule has 6 N–H and O–H groups in total. The molecule has 0 radical (unpaired) electrons. The number of phenols is 2. The zero-order chi connectivity index (χ0) is 22.2. The highest BCUT2D eigenvalue weighted by atomic mass is 16.3. The molecule has 2 rings (SSSR count).